The number of nitrogen functional groups attached to an aromatic ring is 1. The van der Waals surface area contributed by atoms with Crippen LogP contribution in [0.2, 0.25) is 5.02 Å². The number of rotatable bonds is 4. The summed E-state index contributed by atoms with van der Waals surface area (Å²) in [5, 5.41) is 5.65. The lowest BCUT2D eigenvalue weighted by molar-refractivity contribution is 0.0600. The third-order valence-corrected chi connectivity index (χ3v) is 4.80. The van der Waals surface area contributed by atoms with Crippen LogP contribution in [-0.2, 0) is 14.8 Å². The van der Waals surface area contributed by atoms with E-state index in [2.05, 4.69) is 4.74 Å². The van der Waals surface area contributed by atoms with E-state index in [1.807, 2.05) is 0 Å². The van der Waals surface area contributed by atoms with Gasteiger partial charge in [0.05, 0.1) is 29.1 Å². The second-order valence-electron chi connectivity index (χ2n) is 5.13. The van der Waals surface area contributed by atoms with Crippen LogP contribution in [0.4, 0.5) is 11.4 Å². The molecule has 0 spiro atoms. The molecule has 6 N–H and O–H groups in total. The molecule has 0 saturated heterocycles. The Morgan fingerprint density at radius 3 is 2.27 bits per heavy atom. The molecule has 9 nitrogen and oxygen atoms in total. The standard InChI is InChI=1S/C15H15ClN4O5S/c1-25-15(22)9-3-5-12(11(17)6-9)20(18)14(21)8-2-4-10(16)13(7-8)26(19,23)24/h2-7H,17-18H2,1H3,(H2,19,23,24). The molecule has 0 bridgehead atoms. The van der Waals surface area contributed by atoms with Crippen molar-refractivity contribution in [2.75, 3.05) is 17.9 Å². The van der Waals surface area contributed by atoms with Crippen molar-refractivity contribution in [3.63, 3.8) is 0 Å². The summed E-state index contributed by atoms with van der Waals surface area (Å²) in [7, 11) is -2.91. The summed E-state index contributed by atoms with van der Waals surface area (Å²) in [6.07, 6.45) is 0. The van der Waals surface area contributed by atoms with Gasteiger partial charge in [-0.3, -0.25) is 4.79 Å². The van der Waals surface area contributed by atoms with E-state index in [4.69, 9.17) is 28.3 Å². The number of nitrogens with two attached hydrogens (primary N) is 3. The third kappa shape index (κ3) is 3.94. The quantitative estimate of drug-likeness (QED) is 0.226. The largest absolute Gasteiger partial charge is 0.465 e. The van der Waals surface area contributed by atoms with Gasteiger partial charge in [-0.1, -0.05) is 11.6 Å². The van der Waals surface area contributed by atoms with E-state index in [0.29, 0.717) is 5.01 Å². The molecule has 0 fully saturated rings. The number of esters is 1. The van der Waals surface area contributed by atoms with Gasteiger partial charge in [-0.15, -0.1) is 0 Å². The monoisotopic (exact) mass is 398 g/mol. The molecule has 0 aromatic heterocycles. The number of nitrogens with zero attached hydrogens (tertiary/aromatic N) is 1. The van der Waals surface area contributed by atoms with Gasteiger partial charge in [0.2, 0.25) is 10.0 Å². The van der Waals surface area contributed by atoms with Crippen LogP contribution in [0.3, 0.4) is 0 Å². The summed E-state index contributed by atoms with van der Waals surface area (Å²) >= 11 is 5.79. The molecule has 0 aliphatic carbocycles. The minimum atomic E-state index is -4.13. The Kier molecular flexibility index (Phi) is 5.52. The molecule has 1 amide bonds. The van der Waals surface area contributed by atoms with Crippen molar-refractivity contribution in [1.82, 2.24) is 0 Å². The highest BCUT2D eigenvalue weighted by molar-refractivity contribution is 7.89. The molecule has 11 heteroatoms. The minimum absolute atomic E-state index is 0.0457. The van der Waals surface area contributed by atoms with E-state index >= 15 is 0 Å². The summed E-state index contributed by atoms with van der Waals surface area (Å²) in [6, 6.07) is 7.55. The zero-order chi connectivity index (χ0) is 19.6. The lowest BCUT2D eigenvalue weighted by Gasteiger charge is -2.19. The maximum absolute atomic E-state index is 12.5. The number of hydrogen-bond donors (Lipinski definition) is 3. The third-order valence-electron chi connectivity index (χ3n) is 3.41. The van der Waals surface area contributed by atoms with Gasteiger partial charge < -0.3 is 10.5 Å². The second-order valence-corrected chi connectivity index (χ2v) is 7.07. The molecular formula is C15H15ClN4O5S. The number of anilines is 2. The van der Waals surface area contributed by atoms with E-state index < -0.39 is 26.8 Å². The predicted molar refractivity (Wildman–Crippen MR) is 96.0 cm³/mol. The average molecular weight is 399 g/mol. The second kappa shape index (κ2) is 7.30. The summed E-state index contributed by atoms with van der Waals surface area (Å²) in [4.78, 5) is 23.6. The van der Waals surface area contributed by atoms with Gasteiger partial charge in [0.1, 0.15) is 4.90 Å². The summed E-state index contributed by atoms with van der Waals surface area (Å²) in [5.74, 6) is 4.44. The number of hydrazine groups is 1. The lowest BCUT2D eigenvalue weighted by atomic mass is 10.1. The number of methoxy groups -OCH3 is 1. The molecule has 0 heterocycles. The van der Waals surface area contributed by atoms with Crippen LogP contribution in [0.5, 0.6) is 0 Å². The Labute approximate surface area is 154 Å². The van der Waals surface area contributed by atoms with Crippen molar-refractivity contribution in [3.8, 4) is 0 Å². The van der Waals surface area contributed by atoms with Gasteiger partial charge in [0.15, 0.2) is 0 Å². The molecule has 0 unspecified atom stereocenters. The SMILES string of the molecule is COC(=O)c1ccc(N(N)C(=O)c2ccc(Cl)c(S(N)(=O)=O)c2)c(N)c1. The number of ether oxygens (including phenoxy) is 1. The van der Waals surface area contributed by atoms with Crippen LogP contribution >= 0.6 is 11.6 Å². The Morgan fingerprint density at radius 2 is 1.73 bits per heavy atom. The number of carbonyl (C=O) groups excluding carboxylic acids is 2. The Morgan fingerprint density at radius 1 is 1.12 bits per heavy atom. The first kappa shape index (κ1) is 19.7. The van der Waals surface area contributed by atoms with Gasteiger partial charge in [0.25, 0.3) is 5.91 Å². The topological polar surface area (TPSA) is 159 Å². The highest BCUT2D eigenvalue weighted by Gasteiger charge is 2.21. The zero-order valence-corrected chi connectivity index (χ0v) is 15.0. The van der Waals surface area contributed by atoms with E-state index in [0.717, 1.165) is 6.07 Å². The van der Waals surface area contributed by atoms with Crippen LogP contribution in [0.25, 0.3) is 0 Å². The molecular weight excluding hydrogens is 384 g/mol. The van der Waals surface area contributed by atoms with Crippen LogP contribution < -0.4 is 21.7 Å². The first-order valence-corrected chi connectivity index (χ1v) is 8.88. The average Bonchev–Trinajstić information content (AvgIpc) is 2.59. The Hall–Kier alpha value is -2.66. The van der Waals surface area contributed by atoms with E-state index in [9.17, 15) is 18.0 Å². The number of hydrogen-bond acceptors (Lipinski definition) is 7. The van der Waals surface area contributed by atoms with Crippen molar-refractivity contribution >= 4 is 44.9 Å². The molecule has 2 rings (SSSR count). The number of carbonyl (C=O) groups is 2. The van der Waals surface area contributed by atoms with Crippen LogP contribution in [0, 0.1) is 0 Å². The smallest absolute Gasteiger partial charge is 0.337 e. The maximum Gasteiger partial charge on any atom is 0.337 e. The summed E-state index contributed by atoms with van der Waals surface area (Å²) in [5.41, 5.74) is 6.09. The van der Waals surface area contributed by atoms with E-state index in [1.54, 1.807) is 0 Å². The number of benzene rings is 2. The van der Waals surface area contributed by atoms with Crippen molar-refractivity contribution in [2.24, 2.45) is 11.0 Å². The number of sulfonamides is 1. The number of amides is 1. The lowest BCUT2D eigenvalue weighted by Crippen LogP contribution is -2.38. The molecule has 0 saturated carbocycles. The fraction of sp³-hybridized carbons (Fsp3) is 0.0667. The fourth-order valence-corrected chi connectivity index (χ4v) is 3.19. The van der Waals surface area contributed by atoms with Crippen molar-refractivity contribution in [3.05, 3.63) is 52.5 Å². The molecule has 26 heavy (non-hydrogen) atoms. The Bertz CT molecular complexity index is 994. The van der Waals surface area contributed by atoms with Gasteiger partial charge in [-0.25, -0.2) is 29.2 Å². The predicted octanol–water partition coefficient (Wildman–Crippen LogP) is 0.877. The molecule has 0 atom stereocenters. The molecule has 2 aromatic rings. The first-order valence-electron chi connectivity index (χ1n) is 6.95. The van der Waals surface area contributed by atoms with Gasteiger partial charge in [-0.05, 0) is 36.4 Å². The van der Waals surface area contributed by atoms with Crippen molar-refractivity contribution < 1.29 is 22.7 Å². The van der Waals surface area contributed by atoms with E-state index in [1.165, 1.54) is 37.4 Å². The Balaban J connectivity index is 2.40. The highest BCUT2D eigenvalue weighted by Crippen LogP contribution is 2.26. The fourth-order valence-electron chi connectivity index (χ4n) is 2.12. The maximum atomic E-state index is 12.5. The molecule has 0 aliphatic rings. The van der Waals surface area contributed by atoms with Crippen LogP contribution in [-0.4, -0.2) is 27.4 Å². The summed E-state index contributed by atoms with van der Waals surface area (Å²) < 4.78 is 27.6. The molecule has 0 radical (unpaired) electrons. The van der Waals surface area contributed by atoms with E-state index in [-0.39, 0.29) is 27.5 Å². The van der Waals surface area contributed by atoms with Crippen molar-refractivity contribution in [1.29, 1.82) is 0 Å². The summed E-state index contributed by atoms with van der Waals surface area (Å²) in [6.45, 7) is 0. The van der Waals surface area contributed by atoms with Gasteiger partial charge >= 0.3 is 5.97 Å². The van der Waals surface area contributed by atoms with Crippen LogP contribution in [0.15, 0.2) is 41.3 Å². The zero-order valence-electron chi connectivity index (χ0n) is 13.5. The molecule has 0 aliphatic heterocycles. The first-order chi connectivity index (χ1) is 12.1. The molecule has 138 valence electrons. The highest BCUT2D eigenvalue weighted by atomic mass is 35.5. The van der Waals surface area contributed by atoms with Gasteiger partial charge in [0, 0.05) is 5.56 Å². The number of primary sulfonamides is 1. The number of halogens is 1. The molecule has 2 aromatic carbocycles. The van der Waals surface area contributed by atoms with Crippen LogP contribution in [0.1, 0.15) is 20.7 Å². The van der Waals surface area contributed by atoms with Crippen molar-refractivity contribution in [2.45, 2.75) is 4.90 Å². The van der Waals surface area contributed by atoms with Gasteiger partial charge in [-0.2, -0.15) is 0 Å². The normalized spacial score (nSPS) is 11.1. The minimum Gasteiger partial charge on any atom is -0.465 e.